The normalized spacial score (nSPS) is 12.2. The lowest BCUT2D eigenvalue weighted by molar-refractivity contribution is -0.138. The molecule has 0 radical (unpaired) electrons. The molecule has 0 saturated heterocycles. The number of nitrogen functional groups attached to an aromatic ring is 1. The Morgan fingerprint density at radius 3 is 2.03 bits per heavy atom. The summed E-state index contributed by atoms with van der Waals surface area (Å²) < 4.78 is 78.2. The zero-order chi connectivity index (χ0) is 21.6. The van der Waals surface area contributed by atoms with Crippen molar-refractivity contribution in [3.8, 4) is 11.1 Å². The molecule has 0 aliphatic rings. The summed E-state index contributed by atoms with van der Waals surface area (Å²) in [5, 5.41) is 0.0253. The molecule has 0 amide bonds. The SMILES string of the molecule is Cc1sc(N)c(C(=O)c2cccc(C(F)(F)F)c2)c1-c1cccc(C(F)(F)F)c1. The van der Waals surface area contributed by atoms with Gasteiger partial charge in [-0.15, -0.1) is 11.3 Å². The molecule has 0 bridgehead atoms. The largest absolute Gasteiger partial charge is 0.416 e. The van der Waals surface area contributed by atoms with E-state index >= 15 is 0 Å². The van der Waals surface area contributed by atoms with Gasteiger partial charge in [-0.3, -0.25) is 4.79 Å². The van der Waals surface area contributed by atoms with E-state index in [-0.39, 0.29) is 27.3 Å². The Kier molecular flexibility index (Phi) is 5.20. The van der Waals surface area contributed by atoms with Crippen LogP contribution in [-0.2, 0) is 12.4 Å². The maximum absolute atomic E-state index is 13.1. The topological polar surface area (TPSA) is 43.1 Å². The van der Waals surface area contributed by atoms with Gasteiger partial charge in [0.2, 0.25) is 0 Å². The lowest BCUT2D eigenvalue weighted by Crippen LogP contribution is -2.09. The maximum atomic E-state index is 13.1. The lowest BCUT2D eigenvalue weighted by Gasteiger charge is -2.12. The molecule has 2 nitrogen and oxygen atoms in total. The summed E-state index contributed by atoms with van der Waals surface area (Å²) in [5.41, 5.74) is 3.94. The summed E-state index contributed by atoms with van der Waals surface area (Å²) in [5.74, 6) is -0.787. The van der Waals surface area contributed by atoms with Crippen LogP contribution in [0.3, 0.4) is 0 Å². The third-order valence-electron chi connectivity index (χ3n) is 4.27. The van der Waals surface area contributed by atoms with Gasteiger partial charge in [0.25, 0.3) is 0 Å². The molecule has 0 aliphatic heterocycles. The Bertz CT molecular complexity index is 1080. The number of aryl methyl sites for hydroxylation is 1. The third-order valence-corrected chi connectivity index (χ3v) is 5.20. The first kappa shape index (κ1) is 20.9. The number of ketones is 1. The van der Waals surface area contributed by atoms with Crippen molar-refractivity contribution in [3.63, 3.8) is 0 Å². The molecular weight excluding hydrogens is 416 g/mol. The fourth-order valence-corrected chi connectivity index (χ4v) is 3.92. The van der Waals surface area contributed by atoms with Crippen LogP contribution < -0.4 is 5.73 Å². The number of nitrogens with two attached hydrogens (primary N) is 1. The fourth-order valence-electron chi connectivity index (χ4n) is 2.97. The number of benzene rings is 2. The molecule has 1 heterocycles. The van der Waals surface area contributed by atoms with Crippen molar-refractivity contribution < 1.29 is 31.1 Å². The number of carbonyl (C=O) groups is 1. The molecule has 0 aliphatic carbocycles. The quantitative estimate of drug-likeness (QED) is 0.378. The van der Waals surface area contributed by atoms with Crippen LogP contribution in [0.5, 0.6) is 0 Å². The molecule has 1 aromatic heterocycles. The van der Waals surface area contributed by atoms with Crippen molar-refractivity contribution in [2.24, 2.45) is 0 Å². The van der Waals surface area contributed by atoms with Crippen molar-refractivity contribution in [2.45, 2.75) is 19.3 Å². The highest BCUT2D eigenvalue weighted by Gasteiger charge is 2.33. The highest BCUT2D eigenvalue weighted by molar-refractivity contribution is 7.16. The number of carbonyl (C=O) groups excluding carboxylic acids is 1. The van der Waals surface area contributed by atoms with Crippen LogP contribution in [0.4, 0.5) is 31.3 Å². The van der Waals surface area contributed by atoms with Crippen molar-refractivity contribution in [3.05, 3.63) is 75.7 Å². The molecule has 0 atom stereocenters. The Morgan fingerprint density at radius 2 is 1.45 bits per heavy atom. The van der Waals surface area contributed by atoms with Gasteiger partial charge in [0.1, 0.15) is 0 Å². The first-order chi connectivity index (χ1) is 13.4. The second-order valence-corrected chi connectivity index (χ2v) is 7.52. The fraction of sp³-hybridized carbons (Fsp3) is 0.150. The molecule has 0 spiro atoms. The van der Waals surface area contributed by atoms with Gasteiger partial charge in [-0.1, -0.05) is 24.3 Å². The number of thiophene rings is 1. The summed E-state index contributed by atoms with van der Waals surface area (Å²) in [7, 11) is 0. The molecule has 29 heavy (non-hydrogen) atoms. The summed E-state index contributed by atoms with van der Waals surface area (Å²) in [6.45, 7) is 1.58. The van der Waals surface area contributed by atoms with E-state index in [9.17, 15) is 31.1 Å². The van der Waals surface area contributed by atoms with E-state index in [2.05, 4.69) is 0 Å². The van der Waals surface area contributed by atoms with E-state index in [1.54, 1.807) is 6.92 Å². The second-order valence-electron chi connectivity index (χ2n) is 6.26. The van der Waals surface area contributed by atoms with Crippen LogP contribution in [0.15, 0.2) is 48.5 Å². The van der Waals surface area contributed by atoms with Crippen molar-refractivity contribution >= 4 is 22.1 Å². The third kappa shape index (κ3) is 4.14. The van der Waals surface area contributed by atoms with Gasteiger partial charge < -0.3 is 5.73 Å². The van der Waals surface area contributed by atoms with Crippen molar-refractivity contribution in [1.82, 2.24) is 0 Å². The second kappa shape index (κ2) is 7.22. The van der Waals surface area contributed by atoms with Crippen LogP contribution in [-0.4, -0.2) is 5.78 Å². The number of halogens is 6. The van der Waals surface area contributed by atoms with Crippen LogP contribution in [0.25, 0.3) is 11.1 Å². The van der Waals surface area contributed by atoms with Crippen LogP contribution in [0.2, 0.25) is 0 Å². The first-order valence-corrected chi connectivity index (χ1v) is 8.99. The predicted molar refractivity (Wildman–Crippen MR) is 98.8 cm³/mol. The molecule has 0 saturated carbocycles. The zero-order valence-corrected chi connectivity index (χ0v) is 15.6. The summed E-state index contributed by atoms with van der Waals surface area (Å²) in [4.78, 5) is 13.5. The van der Waals surface area contributed by atoms with Gasteiger partial charge in [0.05, 0.1) is 21.7 Å². The number of alkyl halides is 6. The summed E-state index contributed by atoms with van der Waals surface area (Å²) in [6, 6.07) is 8.20. The minimum atomic E-state index is -4.64. The minimum absolute atomic E-state index is 0.0253. The molecular formula is C20H13F6NOS. The Balaban J connectivity index is 2.15. The molecule has 2 N–H and O–H groups in total. The average Bonchev–Trinajstić information content (AvgIpc) is 2.94. The Morgan fingerprint density at radius 1 is 0.897 bits per heavy atom. The summed E-state index contributed by atoms with van der Waals surface area (Å²) in [6.07, 6.45) is -9.23. The highest BCUT2D eigenvalue weighted by Crippen LogP contribution is 2.41. The lowest BCUT2D eigenvalue weighted by atomic mass is 9.94. The summed E-state index contributed by atoms with van der Waals surface area (Å²) >= 11 is 0.990. The van der Waals surface area contributed by atoms with Crippen molar-refractivity contribution in [2.75, 3.05) is 5.73 Å². The Hall–Kier alpha value is -2.81. The van der Waals surface area contributed by atoms with Gasteiger partial charge in [0, 0.05) is 16.0 Å². The zero-order valence-electron chi connectivity index (χ0n) is 14.8. The van der Waals surface area contributed by atoms with E-state index in [1.807, 2.05) is 0 Å². The molecule has 0 fully saturated rings. The van der Waals surface area contributed by atoms with Crippen LogP contribution in [0.1, 0.15) is 31.9 Å². The Labute approximate surface area is 165 Å². The number of rotatable bonds is 3. The van der Waals surface area contributed by atoms with E-state index in [0.29, 0.717) is 10.9 Å². The average molecular weight is 429 g/mol. The number of hydrogen-bond acceptors (Lipinski definition) is 3. The molecule has 3 aromatic rings. The van der Waals surface area contributed by atoms with Gasteiger partial charge in [-0.2, -0.15) is 26.3 Å². The molecule has 152 valence electrons. The standard InChI is InChI=1S/C20H13F6NOS/c1-10-15(11-4-2-6-13(8-11)19(21,22)23)16(18(27)29-10)17(28)12-5-3-7-14(9-12)20(24,25)26/h2-9H,27H2,1H3. The molecule has 0 unspecified atom stereocenters. The minimum Gasteiger partial charge on any atom is -0.390 e. The molecule has 9 heteroatoms. The predicted octanol–water partition coefficient (Wildman–Crippen LogP) is 6.57. The van der Waals surface area contributed by atoms with E-state index in [1.165, 1.54) is 18.2 Å². The van der Waals surface area contributed by atoms with Gasteiger partial charge >= 0.3 is 12.4 Å². The van der Waals surface area contributed by atoms with E-state index in [4.69, 9.17) is 5.73 Å². The van der Waals surface area contributed by atoms with E-state index < -0.39 is 29.3 Å². The maximum Gasteiger partial charge on any atom is 0.416 e. The smallest absolute Gasteiger partial charge is 0.390 e. The van der Waals surface area contributed by atoms with Crippen LogP contribution >= 0.6 is 11.3 Å². The monoisotopic (exact) mass is 429 g/mol. The number of hydrogen-bond donors (Lipinski definition) is 1. The molecule has 3 rings (SSSR count). The van der Waals surface area contributed by atoms with Gasteiger partial charge in [-0.25, -0.2) is 0 Å². The van der Waals surface area contributed by atoms with E-state index in [0.717, 1.165) is 35.6 Å². The van der Waals surface area contributed by atoms with Gasteiger partial charge in [0.15, 0.2) is 5.78 Å². The van der Waals surface area contributed by atoms with Crippen molar-refractivity contribution in [1.29, 1.82) is 0 Å². The highest BCUT2D eigenvalue weighted by atomic mass is 32.1. The first-order valence-electron chi connectivity index (χ1n) is 8.18. The number of anilines is 1. The molecule has 2 aromatic carbocycles. The van der Waals surface area contributed by atoms with Gasteiger partial charge in [-0.05, 0) is 36.8 Å². The van der Waals surface area contributed by atoms with Crippen LogP contribution in [0, 0.1) is 6.92 Å².